The molecule has 1 saturated heterocycles. The van der Waals surface area contributed by atoms with Crippen molar-refractivity contribution in [3.63, 3.8) is 0 Å². The van der Waals surface area contributed by atoms with Crippen molar-refractivity contribution < 1.29 is 5.11 Å². The fourth-order valence-electron chi connectivity index (χ4n) is 3.07. The van der Waals surface area contributed by atoms with E-state index in [0.717, 1.165) is 28.9 Å². The van der Waals surface area contributed by atoms with Crippen molar-refractivity contribution in [3.05, 3.63) is 18.2 Å². The first kappa shape index (κ1) is 17.2. The zero-order chi connectivity index (χ0) is 17.1. The molecule has 1 fully saturated rings. The quantitative estimate of drug-likeness (QED) is 0.490. The number of benzene rings is 1. The fraction of sp³-hybridized carbons (Fsp3) is 0.438. The van der Waals surface area contributed by atoms with Gasteiger partial charge in [-0.3, -0.25) is 9.47 Å². The lowest BCUT2D eigenvalue weighted by molar-refractivity contribution is 0.178. The lowest BCUT2D eigenvalue weighted by Gasteiger charge is -2.27. The third-order valence-electron chi connectivity index (χ3n) is 4.26. The van der Waals surface area contributed by atoms with Crippen LogP contribution >= 0.6 is 24.0 Å². The number of thioether (sulfide) groups is 1. The standard InChI is InChI=1S/C16H21N5OS2/c1-24-11-5-6-13-12(9-11)14(18-19-16(17)23)15(22)21(13)10-20-7-3-2-4-8-20/h5-6,9,22H,2-4,7-8,10H2,1H3,(H2,17,23). The minimum Gasteiger partial charge on any atom is -0.493 e. The lowest BCUT2D eigenvalue weighted by Crippen LogP contribution is -2.31. The molecule has 8 heteroatoms. The molecule has 0 bridgehead atoms. The molecular weight excluding hydrogens is 342 g/mol. The number of aromatic nitrogens is 1. The number of rotatable bonds is 4. The van der Waals surface area contributed by atoms with E-state index in [1.165, 1.54) is 19.3 Å². The van der Waals surface area contributed by atoms with Crippen LogP contribution in [0.25, 0.3) is 10.9 Å². The Morgan fingerprint density at radius 3 is 2.75 bits per heavy atom. The molecule has 1 aliphatic rings. The summed E-state index contributed by atoms with van der Waals surface area (Å²) in [6.07, 6.45) is 5.69. The predicted molar refractivity (Wildman–Crippen MR) is 102 cm³/mol. The molecular formula is C16H21N5OS2. The average Bonchev–Trinajstić information content (AvgIpc) is 2.85. The normalized spacial score (nSPS) is 16.2. The fourth-order valence-corrected chi connectivity index (χ4v) is 3.55. The van der Waals surface area contributed by atoms with Gasteiger partial charge in [-0.15, -0.1) is 22.0 Å². The molecule has 1 aliphatic heterocycles. The molecule has 2 aromatic rings. The first-order valence-electron chi connectivity index (χ1n) is 7.93. The maximum Gasteiger partial charge on any atom is 0.221 e. The number of aromatic hydroxyl groups is 1. The number of nitrogens with two attached hydrogens (primary N) is 1. The number of fused-ring (bicyclic) bond motifs is 1. The zero-order valence-electron chi connectivity index (χ0n) is 13.6. The Kier molecular flexibility index (Phi) is 5.37. The molecule has 0 unspecified atom stereocenters. The van der Waals surface area contributed by atoms with Crippen LogP contribution in [-0.2, 0) is 6.67 Å². The van der Waals surface area contributed by atoms with Gasteiger partial charge in [0.1, 0.15) is 0 Å². The third-order valence-corrected chi connectivity index (χ3v) is 5.06. The molecule has 0 spiro atoms. The van der Waals surface area contributed by atoms with E-state index < -0.39 is 0 Å². The van der Waals surface area contributed by atoms with Crippen LogP contribution in [0.4, 0.5) is 5.69 Å². The highest BCUT2D eigenvalue weighted by Gasteiger charge is 2.20. The highest BCUT2D eigenvalue weighted by molar-refractivity contribution is 7.98. The summed E-state index contributed by atoms with van der Waals surface area (Å²) in [6, 6.07) is 6.08. The SMILES string of the molecule is CSc1ccc2c(c1)c(N=NC(N)=S)c(O)n2CN1CCCCC1. The molecule has 0 aliphatic carbocycles. The molecule has 2 heterocycles. The molecule has 1 aromatic heterocycles. The van der Waals surface area contributed by atoms with Gasteiger partial charge in [0.2, 0.25) is 11.0 Å². The summed E-state index contributed by atoms with van der Waals surface area (Å²) in [5, 5.41) is 19.4. The summed E-state index contributed by atoms with van der Waals surface area (Å²) >= 11 is 6.41. The molecule has 0 saturated carbocycles. The number of piperidine rings is 1. The van der Waals surface area contributed by atoms with Crippen molar-refractivity contribution >= 4 is 45.7 Å². The van der Waals surface area contributed by atoms with Gasteiger partial charge in [-0.05, 0) is 62.6 Å². The van der Waals surface area contributed by atoms with Gasteiger partial charge in [-0.25, -0.2) is 0 Å². The van der Waals surface area contributed by atoms with Gasteiger partial charge < -0.3 is 10.8 Å². The maximum atomic E-state index is 10.7. The van der Waals surface area contributed by atoms with Crippen LogP contribution in [0.1, 0.15) is 19.3 Å². The third kappa shape index (κ3) is 3.55. The Bertz CT molecular complexity index is 780. The van der Waals surface area contributed by atoms with Crippen molar-refractivity contribution in [2.24, 2.45) is 16.0 Å². The minimum atomic E-state index is -0.0487. The number of nitrogens with zero attached hydrogens (tertiary/aromatic N) is 4. The summed E-state index contributed by atoms with van der Waals surface area (Å²) in [5.41, 5.74) is 6.78. The van der Waals surface area contributed by atoms with E-state index in [4.69, 9.17) is 18.0 Å². The lowest BCUT2D eigenvalue weighted by atomic mass is 10.1. The molecule has 24 heavy (non-hydrogen) atoms. The molecule has 0 atom stereocenters. The van der Waals surface area contributed by atoms with Gasteiger partial charge in [0.15, 0.2) is 5.69 Å². The summed E-state index contributed by atoms with van der Waals surface area (Å²) in [5.74, 6) is 0.105. The van der Waals surface area contributed by atoms with Gasteiger partial charge in [-0.2, -0.15) is 0 Å². The Labute approximate surface area is 150 Å². The van der Waals surface area contributed by atoms with Gasteiger partial charge in [0.25, 0.3) is 0 Å². The average molecular weight is 364 g/mol. The Morgan fingerprint density at radius 1 is 1.33 bits per heavy atom. The first-order valence-corrected chi connectivity index (χ1v) is 9.56. The van der Waals surface area contributed by atoms with E-state index in [1.807, 2.05) is 29.0 Å². The predicted octanol–water partition coefficient (Wildman–Crippen LogP) is 3.84. The van der Waals surface area contributed by atoms with E-state index in [-0.39, 0.29) is 11.0 Å². The number of thiocarbonyl (C=S) groups is 1. The summed E-state index contributed by atoms with van der Waals surface area (Å²) in [7, 11) is 0. The molecule has 3 N–H and O–H groups in total. The Hall–Kier alpha value is -1.64. The van der Waals surface area contributed by atoms with Crippen LogP contribution in [0.3, 0.4) is 0 Å². The van der Waals surface area contributed by atoms with E-state index >= 15 is 0 Å². The molecule has 0 amide bonds. The second-order valence-corrected chi connectivity index (χ2v) is 7.14. The number of azo groups is 1. The van der Waals surface area contributed by atoms with Crippen molar-refractivity contribution in [1.29, 1.82) is 0 Å². The number of likely N-dealkylation sites (tertiary alicyclic amines) is 1. The monoisotopic (exact) mass is 363 g/mol. The Morgan fingerprint density at radius 2 is 2.08 bits per heavy atom. The van der Waals surface area contributed by atoms with Gasteiger partial charge in [-0.1, -0.05) is 6.42 Å². The summed E-state index contributed by atoms with van der Waals surface area (Å²) < 4.78 is 1.89. The molecule has 128 valence electrons. The summed E-state index contributed by atoms with van der Waals surface area (Å²) in [4.78, 5) is 3.45. The van der Waals surface area contributed by atoms with Gasteiger partial charge in [0, 0.05) is 10.3 Å². The smallest absolute Gasteiger partial charge is 0.221 e. The van der Waals surface area contributed by atoms with E-state index in [2.05, 4.69) is 15.1 Å². The van der Waals surface area contributed by atoms with Crippen LogP contribution in [0.5, 0.6) is 5.88 Å². The van der Waals surface area contributed by atoms with Gasteiger partial charge in [0.05, 0.1) is 12.2 Å². The van der Waals surface area contributed by atoms with Crippen LogP contribution in [0.2, 0.25) is 0 Å². The zero-order valence-corrected chi connectivity index (χ0v) is 15.2. The minimum absolute atomic E-state index is 0.0487. The molecule has 0 radical (unpaired) electrons. The van der Waals surface area contributed by atoms with E-state index in [9.17, 15) is 5.11 Å². The van der Waals surface area contributed by atoms with Gasteiger partial charge >= 0.3 is 0 Å². The second kappa shape index (κ2) is 7.50. The second-order valence-electron chi connectivity index (χ2n) is 5.84. The van der Waals surface area contributed by atoms with Crippen LogP contribution in [0.15, 0.2) is 33.3 Å². The molecule has 3 rings (SSSR count). The first-order chi connectivity index (χ1) is 11.6. The van der Waals surface area contributed by atoms with E-state index in [0.29, 0.717) is 12.4 Å². The van der Waals surface area contributed by atoms with Crippen molar-refractivity contribution in [2.75, 3.05) is 19.3 Å². The highest BCUT2D eigenvalue weighted by Crippen LogP contribution is 2.40. The van der Waals surface area contributed by atoms with E-state index in [1.54, 1.807) is 11.8 Å². The van der Waals surface area contributed by atoms with Crippen LogP contribution in [-0.4, -0.2) is 39.0 Å². The number of hydrogen-bond donors (Lipinski definition) is 2. The highest BCUT2D eigenvalue weighted by atomic mass is 32.2. The maximum absolute atomic E-state index is 10.7. The Balaban J connectivity index is 2.06. The van der Waals surface area contributed by atoms with Crippen molar-refractivity contribution in [2.45, 2.75) is 30.8 Å². The molecule has 1 aromatic carbocycles. The van der Waals surface area contributed by atoms with Crippen LogP contribution < -0.4 is 5.73 Å². The number of hydrogen-bond acceptors (Lipinski definition) is 5. The van der Waals surface area contributed by atoms with Crippen LogP contribution in [0, 0.1) is 0 Å². The molecule has 6 nitrogen and oxygen atoms in total. The summed E-state index contributed by atoms with van der Waals surface area (Å²) in [6.45, 7) is 2.74. The largest absolute Gasteiger partial charge is 0.493 e. The van der Waals surface area contributed by atoms with Crippen molar-refractivity contribution in [3.8, 4) is 5.88 Å². The topological polar surface area (TPSA) is 79.1 Å². The van der Waals surface area contributed by atoms with Crippen molar-refractivity contribution in [1.82, 2.24) is 9.47 Å².